The van der Waals surface area contributed by atoms with Gasteiger partial charge in [0.1, 0.15) is 17.6 Å². The minimum Gasteiger partial charge on any atom is -0.507 e. The van der Waals surface area contributed by atoms with Crippen LogP contribution in [-0.2, 0) is 20.7 Å². The third-order valence-corrected chi connectivity index (χ3v) is 6.86. The second-order valence-electron chi connectivity index (χ2n) is 9.53. The Balaban J connectivity index is 1.59. The molecule has 7 heteroatoms. The van der Waals surface area contributed by atoms with E-state index in [0.717, 1.165) is 41.8 Å². The van der Waals surface area contributed by atoms with Gasteiger partial charge in [-0.1, -0.05) is 12.1 Å². The largest absolute Gasteiger partial charge is 0.507 e. The van der Waals surface area contributed by atoms with Crippen LogP contribution < -0.4 is 9.64 Å². The second-order valence-corrected chi connectivity index (χ2v) is 9.53. The number of benzene rings is 2. The standard InChI is InChI=1S/C27H30N2O5/c1-16-13-19-14-18(8-11-22(19)34-16)25(30)23-24(17-6-9-20(10-7-17)28(2)3)29(27(32)26(23)31)15-21-5-4-12-33-21/h6-11,14,16,21,24,30H,4-5,12-13,15H2,1-3H3/b25-23-. The molecule has 0 saturated carbocycles. The molecule has 1 N–H and O–H groups in total. The predicted molar refractivity (Wildman–Crippen MR) is 129 cm³/mol. The average Bonchev–Trinajstić information content (AvgIpc) is 3.53. The van der Waals surface area contributed by atoms with Crippen molar-refractivity contribution in [2.75, 3.05) is 32.1 Å². The molecule has 2 saturated heterocycles. The molecule has 2 aromatic rings. The summed E-state index contributed by atoms with van der Waals surface area (Å²) < 4.78 is 11.5. The molecule has 0 bridgehead atoms. The molecule has 3 unspecified atom stereocenters. The first kappa shape index (κ1) is 22.5. The molecule has 5 rings (SSSR count). The van der Waals surface area contributed by atoms with Gasteiger partial charge in [0.05, 0.1) is 17.7 Å². The molecule has 0 aromatic heterocycles. The fourth-order valence-corrected chi connectivity index (χ4v) is 5.10. The molecule has 3 atom stereocenters. The molecule has 0 radical (unpaired) electrons. The highest BCUT2D eigenvalue weighted by molar-refractivity contribution is 6.46. The Bertz CT molecular complexity index is 1150. The number of anilines is 1. The zero-order valence-electron chi connectivity index (χ0n) is 19.8. The van der Waals surface area contributed by atoms with Crippen LogP contribution in [0.3, 0.4) is 0 Å². The molecule has 2 aromatic carbocycles. The Kier molecular flexibility index (Phi) is 5.81. The van der Waals surface area contributed by atoms with Gasteiger partial charge in [-0.15, -0.1) is 0 Å². The van der Waals surface area contributed by atoms with Gasteiger partial charge < -0.3 is 24.4 Å². The first-order valence-corrected chi connectivity index (χ1v) is 11.8. The van der Waals surface area contributed by atoms with E-state index in [1.165, 1.54) is 0 Å². The van der Waals surface area contributed by atoms with E-state index in [1.54, 1.807) is 11.0 Å². The summed E-state index contributed by atoms with van der Waals surface area (Å²) in [5, 5.41) is 11.4. The second kappa shape index (κ2) is 8.80. The SMILES string of the molecule is CC1Cc2cc(/C(O)=C3/C(=O)C(=O)N(CC4CCCO4)C3c3ccc(N(C)C)cc3)ccc2O1. The van der Waals surface area contributed by atoms with Gasteiger partial charge in [-0.25, -0.2) is 0 Å². The van der Waals surface area contributed by atoms with E-state index >= 15 is 0 Å². The molecule has 0 aliphatic carbocycles. The molecule has 3 aliphatic rings. The first-order chi connectivity index (χ1) is 16.3. The third-order valence-electron chi connectivity index (χ3n) is 6.86. The highest BCUT2D eigenvalue weighted by Crippen LogP contribution is 2.41. The number of ketones is 1. The van der Waals surface area contributed by atoms with E-state index in [1.807, 2.05) is 62.3 Å². The summed E-state index contributed by atoms with van der Waals surface area (Å²) in [6.45, 7) is 2.97. The molecular weight excluding hydrogens is 432 g/mol. The van der Waals surface area contributed by atoms with Crippen molar-refractivity contribution in [2.24, 2.45) is 0 Å². The summed E-state index contributed by atoms with van der Waals surface area (Å²) in [7, 11) is 3.91. The molecule has 3 aliphatic heterocycles. The molecule has 0 spiro atoms. The van der Waals surface area contributed by atoms with Crippen molar-refractivity contribution in [1.29, 1.82) is 0 Å². The maximum Gasteiger partial charge on any atom is 0.295 e. The normalized spacial score (nSPS) is 25.5. The summed E-state index contributed by atoms with van der Waals surface area (Å²) >= 11 is 0. The van der Waals surface area contributed by atoms with E-state index in [9.17, 15) is 14.7 Å². The van der Waals surface area contributed by atoms with Crippen molar-refractivity contribution in [1.82, 2.24) is 4.90 Å². The van der Waals surface area contributed by atoms with Crippen LogP contribution in [0, 0.1) is 0 Å². The summed E-state index contributed by atoms with van der Waals surface area (Å²) in [6, 6.07) is 12.5. The van der Waals surface area contributed by atoms with Crippen molar-refractivity contribution in [2.45, 2.75) is 44.4 Å². The number of rotatable bonds is 5. The van der Waals surface area contributed by atoms with Gasteiger partial charge in [-0.05, 0) is 61.2 Å². The van der Waals surface area contributed by atoms with Crippen molar-refractivity contribution in [3.63, 3.8) is 0 Å². The predicted octanol–water partition coefficient (Wildman–Crippen LogP) is 3.68. The number of aliphatic hydroxyl groups excluding tert-OH is 1. The summed E-state index contributed by atoms with van der Waals surface area (Å²) in [6.07, 6.45) is 2.48. The summed E-state index contributed by atoms with van der Waals surface area (Å²) in [5.41, 5.74) is 3.40. The average molecular weight is 463 g/mol. The molecule has 2 fully saturated rings. The quantitative estimate of drug-likeness (QED) is 0.415. The van der Waals surface area contributed by atoms with Gasteiger partial charge in [0.25, 0.3) is 11.7 Å². The van der Waals surface area contributed by atoms with Gasteiger partial charge >= 0.3 is 0 Å². The zero-order valence-corrected chi connectivity index (χ0v) is 19.8. The lowest BCUT2D eigenvalue weighted by atomic mass is 9.94. The highest BCUT2D eigenvalue weighted by Gasteiger charge is 2.47. The topological polar surface area (TPSA) is 79.3 Å². The van der Waals surface area contributed by atoms with Gasteiger partial charge in [-0.2, -0.15) is 0 Å². The maximum atomic E-state index is 13.3. The van der Waals surface area contributed by atoms with Crippen LogP contribution >= 0.6 is 0 Å². The van der Waals surface area contributed by atoms with Crippen molar-refractivity contribution < 1.29 is 24.2 Å². The summed E-state index contributed by atoms with van der Waals surface area (Å²) in [4.78, 5) is 30.0. The first-order valence-electron chi connectivity index (χ1n) is 11.8. The number of carbonyl (C=O) groups is 2. The number of nitrogens with zero attached hydrogens (tertiary/aromatic N) is 2. The van der Waals surface area contributed by atoms with Crippen molar-refractivity contribution in [3.05, 3.63) is 64.7 Å². The zero-order chi connectivity index (χ0) is 24.0. The van der Waals surface area contributed by atoms with Crippen LogP contribution in [0.25, 0.3) is 5.76 Å². The number of ether oxygens (including phenoxy) is 2. The van der Waals surface area contributed by atoms with E-state index in [4.69, 9.17) is 9.47 Å². The van der Waals surface area contributed by atoms with Gasteiger partial charge in [-0.3, -0.25) is 9.59 Å². The number of fused-ring (bicyclic) bond motifs is 1. The molecular formula is C27H30N2O5. The minimum absolute atomic E-state index is 0.0691. The van der Waals surface area contributed by atoms with Crippen LogP contribution in [0.1, 0.15) is 42.5 Å². The Morgan fingerprint density at radius 3 is 2.59 bits per heavy atom. The van der Waals surface area contributed by atoms with Crippen LogP contribution in [0.2, 0.25) is 0 Å². The number of aliphatic hydroxyl groups is 1. The van der Waals surface area contributed by atoms with E-state index in [0.29, 0.717) is 18.7 Å². The number of likely N-dealkylation sites (tertiary alicyclic amines) is 1. The molecule has 178 valence electrons. The molecule has 3 heterocycles. The number of amides is 1. The van der Waals surface area contributed by atoms with Crippen LogP contribution in [0.15, 0.2) is 48.0 Å². The van der Waals surface area contributed by atoms with E-state index in [2.05, 4.69) is 0 Å². The van der Waals surface area contributed by atoms with Gasteiger partial charge in [0.2, 0.25) is 0 Å². The Hall–Kier alpha value is -3.32. The number of hydrogen-bond acceptors (Lipinski definition) is 6. The minimum atomic E-state index is -0.677. The van der Waals surface area contributed by atoms with Crippen molar-refractivity contribution >= 4 is 23.1 Å². The number of hydrogen-bond donors (Lipinski definition) is 1. The lowest BCUT2D eigenvalue weighted by Gasteiger charge is -2.28. The molecule has 1 amide bonds. The Morgan fingerprint density at radius 1 is 1.15 bits per heavy atom. The Morgan fingerprint density at radius 2 is 1.91 bits per heavy atom. The highest BCUT2D eigenvalue weighted by atomic mass is 16.5. The maximum absolute atomic E-state index is 13.3. The number of Topliss-reactive ketones (excluding diaryl/α,β-unsaturated/α-hetero) is 1. The van der Waals surface area contributed by atoms with Crippen molar-refractivity contribution in [3.8, 4) is 5.75 Å². The Labute approximate surface area is 199 Å². The lowest BCUT2D eigenvalue weighted by molar-refractivity contribution is -0.140. The summed E-state index contributed by atoms with van der Waals surface area (Å²) in [5.74, 6) is -0.630. The van der Waals surface area contributed by atoms with E-state index in [-0.39, 0.29) is 23.5 Å². The van der Waals surface area contributed by atoms with Crippen LogP contribution in [-0.4, -0.2) is 61.2 Å². The van der Waals surface area contributed by atoms with Gasteiger partial charge in [0.15, 0.2) is 0 Å². The third kappa shape index (κ3) is 3.94. The van der Waals surface area contributed by atoms with Crippen LogP contribution in [0.5, 0.6) is 5.75 Å². The fourth-order valence-electron chi connectivity index (χ4n) is 5.10. The smallest absolute Gasteiger partial charge is 0.295 e. The molecule has 34 heavy (non-hydrogen) atoms. The number of carbonyl (C=O) groups excluding carboxylic acids is 2. The van der Waals surface area contributed by atoms with E-state index < -0.39 is 17.7 Å². The fraction of sp³-hybridized carbons (Fsp3) is 0.407. The van der Waals surface area contributed by atoms with Gasteiger partial charge in [0, 0.05) is 44.9 Å². The lowest BCUT2D eigenvalue weighted by Crippen LogP contribution is -2.36. The monoisotopic (exact) mass is 462 g/mol. The van der Waals surface area contributed by atoms with Crippen LogP contribution in [0.4, 0.5) is 5.69 Å². The molecule has 7 nitrogen and oxygen atoms in total.